The molecule has 10 heteroatoms. The molecule has 2 fully saturated rings. The first-order chi connectivity index (χ1) is 14.8. The number of hydrogen-bond donors (Lipinski definition) is 3. The van der Waals surface area contributed by atoms with Crippen molar-refractivity contribution in [1.29, 1.82) is 0 Å². The lowest BCUT2D eigenvalue weighted by Crippen LogP contribution is -2.38. The van der Waals surface area contributed by atoms with Crippen LogP contribution < -0.4 is 16.2 Å². The lowest BCUT2D eigenvalue weighted by Gasteiger charge is -2.24. The fourth-order valence-electron chi connectivity index (χ4n) is 4.19. The van der Waals surface area contributed by atoms with Gasteiger partial charge in [0, 0.05) is 47.7 Å². The summed E-state index contributed by atoms with van der Waals surface area (Å²) in [5, 5.41) is 6.79. The molecule has 0 amide bonds. The van der Waals surface area contributed by atoms with Crippen LogP contribution in [0.4, 0.5) is 19.1 Å². The van der Waals surface area contributed by atoms with E-state index in [0.29, 0.717) is 11.9 Å². The Morgan fingerprint density at radius 2 is 2.13 bits per heavy atom. The Morgan fingerprint density at radius 1 is 1.32 bits per heavy atom. The highest BCUT2D eigenvalue weighted by molar-refractivity contribution is 5.95. The number of pyridine rings is 1. The summed E-state index contributed by atoms with van der Waals surface area (Å²) in [6.45, 7) is 3.61. The Balaban J connectivity index is 1.60. The molecule has 1 saturated carbocycles. The number of halogens is 3. The molecule has 0 unspecified atom stereocenters. The summed E-state index contributed by atoms with van der Waals surface area (Å²) in [6, 6.07) is 1.74. The van der Waals surface area contributed by atoms with Gasteiger partial charge in [-0.1, -0.05) is 0 Å². The largest absolute Gasteiger partial charge is 0.419 e. The molecule has 1 atom stereocenters. The second-order valence-electron chi connectivity index (χ2n) is 8.62. The summed E-state index contributed by atoms with van der Waals surface area (Å²) in [6.07, 6.45) is 2.94. The Morgan fingerprint density at radius 3 is 2.81 bits per heavy atom. The van der Waals surface area contributed by atoms with E-state index in [2.05, 4.69) is 25.6 Å². The fourth-order valence-corrected chi connectivity index (χ4v) is 4.19. The van der Waals surface area contributed by atoms with Gasteiger partial charge >= 0.3 is 6.18 Å². The van der Waals surface area contributed by atoms with Crippen LogP contribution >= 0.6 is 0 Å². The van der Waals surface area contributed by atoms with E-state index in [4.69, 9.17) is 0 Å². The first-order valence-electron chi connectivity index (χ1n) is 10.4. The summed E-state index contributed by atoms with van der Waals surface area (Å²) < 4.78 is 42.9. The molecule has 3 aromatic rings. The van der Waals surface area contributed by atoms with E-state index in [9.17, 15) is 18.0 Å². The molecule has 7 nitrogen and oxygen atoms in total. The molecule has 1 aliphatic carbocycles. The van der Waals surface area contributed by atoms with Gasteiger partial charge in [-0.15, -0.1) is 0 Å². The molecular formula is C21H23F3N6O. The lowest BCUT2D eigenvalue weighted by molar-refractivity contribution is -0.137. The first-order valence-corrected chi connectivity index (χ1v) is 10.4. The number of anilines is 1. The van der Waals surface area contributed by atoms with Crippen molar-refractivity contribution in [3.8, 4) is 11.3 Å². The van der Waals surface area contributed by atoms with Gasteiger partial charge in [-0.3, -0.25) is 4.79 Å². The summed E-state index contributed by atoms with van der Waals surface area (Å²) >= 11 is 0. The van der Waals surface area contributed by atoms with Crippen LogP contribution in [0.1, 0.15) is 38.2 Å². The van der Waals surface area contributed by atoms with E-state index in [1.165, 1.54) is 6.20 Å². The number of aromatic amines is 1. The molecule has 1 aliphatic heterocycles. The Labute approximate surface area is 176 Å². The molecule has 31 heavy (non-hydrogen) atoms. The molecule has 4 heterocycles. The maximum atomic E-state index is 13.8. The number of hydrogen-bond acceptors (Lipinski definition) is 5. The Kier molecular flexibility index (Phi) is 4.58. The molecule has 3 aromatic heterocycles. The van der Waals surface area contributed by atoms with Crippen molar-refractivity contribution in [2.75, 3.05) is 18.4 Å². The second kappa shape index (κ2) is 7.08. The molecule has 3 N–H and O–H groups in total. The molecular weight excluding hydrogens is 409 g/mol. The minimum atomic E-state index is -4.62. The number of rotatable bonds is 4. The quantitative estimate of drug-likeness (QED) is 0.588. The van der Waals surface area contributed by atoms with Gasteiger partial charge in [0.15, 0.2) is 0 Å². The topological polar surface area (TPSA) is 87.6 Å². The predicted molar refractivity (Wildman–Crippen MR) is 111 cm³/mol. The molecule has 5 rings (SSSR count). The van der Waals surface area contributed by atoms with Gasteiger partial charge in [-0.05, 0) is 45.2 Å². The van der Waals surface area contributed by atoms with E-state index in [-0.39, 0.29) is 39.9 Å². The van der Waals surface area contributed by atoms with Crippen LogP contribution in [0.15, 0.2) is 29.5 Å². The van der Waals surface area contributed by atoms with E-state index in [1.807, 2.05) is 6.92 Å². The monoisotopic (exact) mass is 432 g/mol. The van der Waals surface area contributed by atoms with Crippen molar-refractivity contribution < 1.29 is 13.2 Å². The molecule has 1 saturated heterocycles. The van der Waals surface area contributed by atoms with Crippen molar-refractivity contribution in [2.45, 2.75) is 50.4 Å². The summed E-state index contributed by atoms with van der Waals surface area (Å²) in [5.41, 5.74) is -1.11. The third kappa shape index (κ3) is 3.58. The Bertz CT molecular complexity index is 1190. The number of fused-ring (bicyclic) bond motifs is 1. The molecule has 2 aliphatic rings. The van der Waals surface area contributed by atoms with Crippen molar-refractivity contribution in [2.24, 2.45) is 0 Å². The highest BCUT2D eigenvalue weighted by Gasteiger charge is 2.40. The van der Waals surface area contributed by atoms with Gasteiger partial charge < -0.3 is 20.2 Å². The smallest absolute Gasteiger partial charge is 0.356 e. The second-order valence-corrected chi connectivity index (χ2v) is 8.62. The summed E-state index contributed by atoms with van der Waals surface area (Å²) in [4.78, 5) is 24.0. The maximum Gasteiger partial charge on any atom is 0.419 e. The number of aromatic nitrogens is 4. The van der Waals surface area contributed by atoms with Gasteiger partial charge in [0.1, 0.15) is 11.1 Å². The maximum absolute atomic E-state index is 13.8. The number of H-pyrrole nitrogens is 1. The SMILES string of the molecule is CC1(n2ccc3c(-c4nc(N[C@H]5CCCNC5)ncc4C(F)(F)F)c[nH]c3c2=O)CC1. The summed E-state index contributed by atoms with van der Waals surface area (Å²) in [7, 11) is 0. The molecule has 0 aromatic carbocycles. The zero-order valence-corrected chi connectivity index (χ0v) is 17.0. The zero-order valence-electron chi connectivity index (χ0n) is 17.0. The zero-order chi connectivity index (χ0) is 21.8. The van der Waals surface area contributed by atoms with E-state index in [1.54, 1.807) is 16.8 Å². The van der Waals surface area contributed by atoms with Gasteiger partial charge in [0.05, 0.1) is 5.69 Å². The molecule has 0 radical (unpaired) electrons. The number of nitrogens with one attached hydrogen (secondary N) is 3. The van der Waals surface area contributed by atoms with Crippen molar-refractivity contribution in [3.63, 3.8) is 0 Å². The van der Waals surface area contributed by atoms with Crippen LogP contribution in [0.5, 0.6) is 0 Å². The Hall–Kier alpha value is -2.88. The molecule has 0 bridgehead atoms. The van der Waals surface area contributed by atoms with E-state index >= 15 is 0 Å². The molecule has 164 valence electrons. The lowest BCUT2D eigenvalue weighted by atomic mass is 10.1. The van der Waals surface area contributed by atoms with Crippen LogP contribution in [0.3, 0.4) is 0 Å². The normalized spacial score (nSPS) is 20.7. The highest BCUT2D eigenvalue weighted by Crippen LogP contribution is 2.42. The minimum absolute atomic E-state index is 0.0489. The average molecular weight is 432 g/mol. The van der Waals surface area contributed by atoms with E-state index in [0.717, 1.165) is 38.4 Å². The number of alkyl halides is 3. The average Bonchev–Trinajstić information content (AvgIpc) is 3.32. The highest BCUT2D eigenvalue weighted by atomic mass is 19.4. The first kappa shape index (κ1) is 20.0. The van der Waals surface area contributed by atoms with Crippen LogP contribution in [0.2, 0.25) is 0 Å². The minimum Gasteiger partial charge on any atom is -0.356 e. The third-order valence-corrected chi connectivity index (χ3v) is 6.28. The van der Waals surface area contributed by atoms with Crippen LogP contribution in [0.25, 0.3) is 22.2 Å². The predicted octanol–water partition coefficient (Wildman–Crippen LogP) is 3.48. The molecule has 0 spiro atoms. The van der Waals surface area contributed by atoms with Crippen molar-refractivity contribution in [3.05, 3.63) is 40.6 Å². The van der Waals surface area contributed by atoms with E-state index < -0.39 is 11.7 Å². The summed E-state index contributed by atoms with van der Waals surface area (Å²) in [5.74, 6) is 0.143. The fraction of sp³-hybridized carbons (Fsp3) is 0.476. The van der Waals surface area contributed by atoms with Crippen LogP contribution in [-0.4, -0.2) is 38.7 Å². The number of piperidine rings is 1. The van der Waals surface area contributed by atoms with Gasteiger partial charge in [0.2, 0.25) is 5.95 Å². The third-order valence-electron chi connectivity index (χ3n) is 6.28. The van der Waals surface area contributed by atoms with Gasteiger partial charge in [0.25, 0.3) is 5.56 Å². The van der Waals surface area contributed by atoms with Gasteiger partial charge in [-0.2, -0.15) is 13.2 Å². The van der Waals surface area contributed by atoms with Crippen LogP contribution in [0, 0.1) is 0 Å². The number of nitrogens with zero attached hydrogens (tertiary/aromatic N) is 3. The van der Waals surface area contributed by atoms with Crippen molar-refractivity contribution >= 4 is 16.9 Å². The van der Waals surface area contributed by atoms with Crippen LogP contribution in [-0.2, 0) is 11.7 Å². The van der Waals surface area contributed by atoms with Gasteiger partial charge in [-0.25, -0.2) is 9.97 Å². The standard InChI is InChI=1S/C21H23F3N6O/c1-20(5-6-20)30-8-4-13-14(10-26-17(13)18(30)31)16-15(21(22,23)24)11-27-19(29-16)28-12-3-2-7-25-9-12/h4,8,10-12,25-26H,2-3,5-7,9H2,1H3,(H,27,28,29)/t12-/m0/s1. The van der Waals surface area contributed by atoms with Crippen molar-refractivity contribution in [1.82, 2.24) is 24.8 Å².